The van der Waals surface area contributed by atoms with Gasteiger partial charge in [0.15, 0.2) is 0 Å². The first-order valence-electron chi connectivity index (χ1n) is 18.6. The SMILES string of the molecule is C[Si]C.Cc1cc2c(-c3ccccc3C(C)C)c(C(C)(C)C)ccc2[cH-]1.Cc1cc2c(-c3ccccc3C(C)C)c(C(C)(C)C)ccc2[cH-]1.[Cl][Zr+2][Cl]. The molecule has 6 aromatic rings. The monoisotopic (exact) mass is 824 g/mol. The van der Waals surface area contributed by atoms with E-state index < -0.39 is 20.8 Å². The van der Waals surface area contributed by atoms with Gasteiger partial charge in [-0.2, -0.15) is 12.1 Å². The van der Waals surface area contributed by atoms with Crippen LogP contribution in [0.25, 0.3) is 43.8 Å². The molecule has 0 bridgehead atoms. The Kier molecular flexibility index (Phi) is 16.5. The number of rotatable bonds is 4. The van der Waals surface area contributed by atoms with Crippen molar-refractivity contribution in [3.63, 3.8) is 0 Å². The molecule has 52 heavy (non-hydrogen) atoms. The zero-order valence-corrected chi connectivity index (χ0v) is 39.1. The number of halogens is 2. The van der Waals surface area contributed by atoms with Gasteiger partial charge in [0.2, 0.25) is 0 Å². The van der Waals surface area contributed by atoms with E-state index in [-0.39, 0.29) is 10.8 Å². The second-order valence-electron chi connectivity index (χ2n) is 16.6. The van der Waals surface area contributed by atoms with E-state index in [1.807, 2.05) is 0 Å². The van der Waals surface area contributed by atoms with Crippen LogP contribution in [0.5, 0.6) is 0 Å². The molecule has 0 fully saturated rings. The standard InChI is InChI=1S/2C23H27.C2H6Si.2ClH.Zr/c2*1-15(2)18-9-7-8-10-19(18)22-20-14-16(3)13-17(20)11-12-21(22)23(4,5)6;1-3-2;;;/h2*7-15H,1-6H3;1-2H3;2*1H;/q2*-1;;;;+4/p-2. The summed E-state index contributed by atoms with van der Waals surface area (Å²) in [6.45, 7) is 31.7. The Balaban J connectivity index is 0.000000244. The summed E-state index contributed by atoms with van der Waals surface area (Å²) in [4.78, 5) is 0. The Morgan fingerprint density at radius 3 is 1.15 bits per heavy atom. The second-order valence-corrected chi connectivity index (χ2v) is 21.3. The molecule has 0 amide bonds. The Morgan fingerprint density at radius 2 is 0.865 bits per heavy atom. The van der Waals surface area contributed by atoms with E-state index in [9.17, 15) is 0 Å². The van der Waals surface area contributed by atoms with Gasteiger partial charge in [-0.3, -0.25) is 0 Å². The fraction of sp³-hybridized carbons (Fsp3) is 0.375. The predicted octanol–water partition coefficient (Wildman–Crippen LogP) is 16.1. The molecular weight excluding hydrogens is 767 g/mol. The van der Waals surface area contributed by atoms with Crippen molar-refractivity contribution in [2.45, 2.75) is 119 Å². The molecule has 6 aromatic carbocycles. The van der Waals surface area contributed by atoms with Crippen molar-refractivity contribution in [1.82, 2.24) is 0 Å². The first-order chi connectivity index (χ1) is 24.4. The van der Waals surface area contributed by atoms with Crippen LogP contribution in [0.1, 0.15) is 114 Å². The van der Waals surface area contributed by atoms with Gasteiger partial charge >= 0.3 is 37.9 Å². The van der Waals surface area contributed by atoms with Crippen molar-refractivity contribution in [2.75, 3.05) is 0 Å². The molecule has 6 rings (SSSR count). The van der Waals surface area contributed by atoms with Gasteiger partial charge in [-0.15, -0.1) is 69.1 Å². The second kappa shape index (κ2) is 19.4. The summed E-state index contributed by atoms with van der Waals surface area (Å²) in [6, 6.07) is 36.3. The van der Waals surface area contributed by atoms with Gasteiger partial charge in [0.1, 0.15) is 0 Å². The normalized spacial score (nSPS) is 11.4. The summed E-state index contributed by atoms with van der Waals surface area (Å²) >= 11 is -0.826. The Labute approximate surface area is 338 Å². The summed E-state index contributed by atoms with van der Waals surface area (Å²) < 4.78 is 0. The average Bonchev–Trinajstić information content (AvgIpc) is 3.64. The van der Waals surface area contributed by atoms with Gasteiger partial charge in [0.05, 0.1) is 0 Å². The summed E-state index contributed by atoms with van der Waals surface area (Å²) in [5.41, 5.74) is 14.3. The van der Waals surface area contributed by atoms with Crippen molar-refractivity contribution >= 4 is 48.1 Å². The first-order valence-corrected chi connectivity index (χ1v) is 26.9. The van der Waals surface area contributed by atoms with E-state index in [2.05, 4.69) is 193 Å². The molecule has 0 aliphatic rings. The molecule has 2 radical (unpaired) electrons. The fourth-order valence-corrected chi connectivity index (χ4v) is 7.15. The Hall–Kier alpha value is -2.22. The third-order valence-electron chi connectivity index (χ3n) is 9.39. The number of benzene rings is 4. The van der Waals surface area contributed by atoms with Gasteiger partial charge in [-0.25, -0.2) is 0 Å². The third kappa shape index (κ3) is 10.9. The van der Waals surface area contributed by atoms with Crippen LogP contribution in [0.3, 0.4) is 0 Å². The molecule has 4 heteroatoms. The Bertz CT molecular complexity index is 1880. The topological polar surface area (TPSA) is 0 Å². The van der Waals surface area contributed by atoms with E-state index in [0.29, 0.717) is 11.8 Å². The number of fused-ring (bicyclic) bond motifs is 2. The van der Waals surface area contributed by atoms with Crippen LogP contribution in [0.2, 0.25) is 13.1 Å². The van der Waals surface area contributed by atoms with E-state index >= 15 is 0 Å². The van der Waals surface area contributed by atoms with E-state index in [0.717, 1.165) is 9.52 Å². The van der Waals surface area contributed by atoms with Gasteiger partial charge in [0.25, 0.3) is 0 Å². The van der Waals surface area contributed by atoms with Crippen LogP contribution in [-0.4, -0.2) is 9.52 Å². The molecule has 0 spiro atoms. The minimum atomic E-state index is -0.826. The van der Waals surface area contributed by atoms with Crippen LogP contribution in [0.4, 0.5) is 0 Å². The van der Waals surface area contributed by atoms with Crippen molar-refractivity contribution in [3.8, 4) is 22.3 Å². The van der Waals surface area contributed by atoms with Crippen molar-refractivity contribution in [3.05, 3.63) is 130 Å². The van der Waals surface area contributed by atoms with Crippen LogP contribution in [-0.2, 0) is 31.7 Å². The molecule has 0 atom stereocenters. The van der Waals surface area contributed by atoms with Gasteiger partial charge in [-0.1, -0.05) is 167 Å². The van der Waals surface area contributed by atoms with E-state index in [1.165, 1.54) is 77.2 Å². The fourth-order valence-electron chi connectivity index (χ4n) is 7.15. The van der Waals surface area contributed by atoms with Crippen LogP contribution >= 0.6 is 17.0 Å². The van der Waals surface area contributed by atoms with Crippen LogP contribution < -0.4 is 0 Å². The molecule has 0 aromatic heterocycles. The van der Waals surface area contributed by atoms with Crippen LogP contribution in [0, 0.1) is 13.8 Å². The third-order valence-corrected chi connectivity index (χ3v) is 9.39. The molecule has 0 aliphatic carbocycles. The number of hydrogen-bond donors (Lipinski definition) is 0. The molecule has 0 unspecified atom stereocenters. The summed E-state index contributed by atoms with van der Waals surface area (Å²) in [6.07, 6.45) is 0. The number of hydrogen-bond acceptors (Lipinski definition) is 0. The average molecular weight is 827 g/mol. The molecule has 0 saturated carbocycles. The maximum atomic E-state index is 4.93. The molecule has 274 valence electrons. The zero-order valence-electron chi connectivity index (χ0n) is 34.1. The van der Waals surface area contributed by atoms with E-state index in [1.54, 1.807) is 0 Å². The van der Waals surface area contributed by atoms with Crippen LogP contribution in [0.15, 0.2) is 97.1 Å². The van der Waals surface area contributed by atoms with Crippen molar-refractivity contribution < 1.29 is 20.8 Å². The van der Waals surface area contributed by atoms with Crippen molar-refractivity contribution in [1.29, 1.82) is 0 Å². The minimum absolute atomic E-state index is 0.124. The summed E-state index contributed by atoms with van der Waals surface area (Å²) in [5.74, 6) is 1.04. The Morgan fingerprint density at radius 1 is 0.558 bits per heavy atom. The van der Waals surface area contributed by atoms with Gasteiger partial charge in [0, 0.05) is 9.52 Å². The molecule has 0 N–H and O–H groups in total. The zero-order chi connectivity index (χ0) is 39.0. The molecular formula is C48H60Cl2SiZr. The maximum absolute atomic E-state index is 4.93. The van der Waals surface area contributed by atoms with E-state index in [4.69, 9.17) is 17.0 Å². The molecule has 0 heterocycles. The number of aryl methyl sites for hydroxylation is 2. The van der Waals surface area contributed by atoms with Gasteiger partial charge < -0.3 is 0 Å². The van der Waals surface area contributed by atoms with Gasteiger partial charge in [-0.05, 0) is 44.9 Å². The molecule has 0 aliphatic heterocycles. The summed E-state index contributed by atoms with van der Waals surface area (Å²) in [7, 11) is 11.0. The van der Waals surface area contributed by atoms with Crippen molar-refractivity contribution in [2.24, 2.45) is 0 Å². The molecule has 0 nitrogen and oxygen atoms in total. The quantitative estimate of drug-likeness (QED) is 0.123. The predicted molar refractivity (Wildman–Crippen MR) is 234 cm³/mol. The summed E-state index contributed by atoms with van der Waals surface area (Å²) in [5, 5.41) is 5.49. The first kappa shape index (κ1) is 44.2. The molecule has 0 saturated heterocycles.